The molecule has 2 aromatic carbocycles. The number of allylic oxidation sites excluding steroid dienone is 4. The van der Waals surface area contributed by atoms with Gasteiger partial charge < -0.3 is 14.9 Å². The van der Waals surface area contributed by atoms with Crippen LogP contribution in [0.25, 0.3) is 12.2 Å². The highest BCUT2D eigenvalue weighted by atomic mass is 16.5. The summed E-state index contributed by atoms with van der Waals surface area (Å²) < 4.78 is 5.01. The van der Waals surface area contributed by atoms with Gasteiger partial charge in [-0.1, -0.05) is 42.5 Å². The summed E-state index contributed by atoms with van der Waals surface area (Å²) >= 11 is 0. The molecule has 0 unspecified atom stereocenters. The van der Waals surface area contributed by atoms with E-state index in [-0.39, 0.29) is 17.3 Å². The van der Waals surface area contributed by atoms with Gasteiger partial charge in [0.15, 0.2) is 17.3 Å². The van der Waals surface area contributed by atoms with E-state index in [0.29, 0.717) is 5.75 Å². The van der Waals surface area contributed by atoms with E-state index in [1.54, 1.807) is 54.6 Å². The Balaban J connectivity index is 1.93. The van der Waals surface area contributed by atoms with Gasteiger partial charge in [0.05, 0.1) is 7.11 Å². The second-order valence-corrected chi connectivity index (χ2v) is 4.98. The van der Waals surface area contributed by atoms with Gasteiger partial charge in [0.25, 0.3) is 0 Å². The first-order valence-corrected chi connectivity index (χ1v) is 7.31. The highest BCUT2D eigenvalue weighted by Crippen LogP contribution is 2.26. The summed E-state index contributed by atoms with van der Waals surface area (Å²) in [4.78, 5) is 11.8. The lowest BCUT2D eigenvalue weighted by molar-refractivity contribution is -0.110. The highest BCUT2D eigenvalue weighted by Gasteiger charge is 2.00. The van der Waals surface area contributed by atoms with Crippen molar-refractivity contribution in [1.29, 1.82) is 0 Å². The summed E-state index contributed by atoms with van der Waals surface area (Å²) in [5, 5.41) is 18.7. The zero-order valence-electron chi connectivity index (χ0n) is 13.2. The lowest BCUT2D eigenvalue weighted by Gasteiger charge is -2.03. The number of methoxy groups -OCH3 is 1. The molecule has 0 saturated heterocycles. The Labute approximate surface area is 140 Å². The maximum Gasteiger partial charge on any atom is 0.178 e. The Bertz CT molecular complexity index is 784. The van der Waals surface area contributed by atoms with Crippen LogP contribution in [0.15, 0.2) is 66.8 Å². The minimum absolute atomic E-state index is 0.0558. The van der Waals surface area contributed by atoms with Crippen LogP contribution in [0.1, 0.15) is 11.1 Å². The van der Waals surface area contributed by atoms with Crippen molar-refractivity contribution in [1.82, 2.24) is 0 Å². The summed E-state index contributed by atoms with van der Waals surface area (Å²) in [6.07, 6.45) is 9.77. The third-order valence-electron chi connectivity index (χ3n) is 3.20. The molecule has 0 bridgehead atoms. The van der Waals surface area contributed by atoms with E-state index in [9.17, 15) is 15.0 Å². The van der Waals surface area contributed by atoms with Crippen LogP contribution in [-0.4, -0.2) is 23.1 Å². The number of phenolic OH excluding ortho intramolecular Hbond substituents is 2. The monoisotopic (exact) mass is 322 g/mol. The Morgan fingerprint density at radius 1 is 0.917 bits per heavy atom. The van der Waals surface area contributed by atoms with Crippen LogP contribution < -0.4 is 4.74 Å². The Morgan fingerprint density at radius 3 is 2.33 bits per heavy atom. The molecule has 0 radical (unpaired) electrons. The third kappa shape index (κ3) is 5.18. The molecule has 0 amide bonds. The van der Waals surface area contributed by atoms with Gasteiger partial charge in [0.2, 0.25) is 0 Å². The predicted molar refractivity (Wildman–Crippen MR) is 95.0 cm³/mol. The van der Waals surface area contributed by atoms with E-state index in [1.807, 2.05) is 6.08 Å². The molecule has 0 saturated carbocycles. The van der Waals surface area contributed by atoms with Crippen molar-refractivity contribution in [2.45, 2.75) is 0 Å². The molecule has 0 fully saturated rings. The maximum atomic E-state index is 11.8. The predicted octanol–water partition coefficient (Wildman–Crippen LogP) is 3.96. The SMILES string of the molecule is COc1cc(/C=C/C(=O)/C=C/C=C/c2ccc(O)cc2)ccc1O. The van der Waals surface area contributed by atoms with E-state index in [0.717, 1.165) is 11.1 Å². The lowest BCUT2D eigenvalue weighted by Crippen LogP contribution is -1.86. The van der Waals surface area contributed by atoms with E-state index in [4.69, 9.17) is 4.74 Å². The number of hydrogen-bond acceptors (Lipinski definition) is 4. The molecule has 0 aliphatic rings. The molecule has 0 aromatic heterocycles. The average Bonchev–Trinajstić information content (AvgIpc) is 2.59. The minimum atomic E-state index is -0.155. The summed E-state index contributed by atoms with van der Waals surface area (Å²) in [5.41, 5.74) is 1.68. The number of rotatable bonds is 6. The number of ketones is 1. The fourth-order valence-corrected chi connectivity index (χ4v) is 1.93. The molecule has 2 rings (SSSR count). The molecule has 2 N–H and O–H groups in total. The molecular formula is C20H18O4. The van der Waals surface area contributed by atoms with E-state index >= 15 is 0 Å². The van der Waals surface area contributed by atoms with Crippen molar-refractivity contribution in [3.05, 3.63) is 77.9 Å². The van der Waals surface area contributed by atoms with Gasteiger partial charge >= 0.3 is 0 Å². The van der Waals surface area contributed by atoms with Crippen LogP contribution in [0.3, 0.4) is 0 Å². The molecule has 4 heteroatoms. The summed E-state index contributed by atoms with van der Waals surface area (Å²) in [7, 11) is 1.47. The fourth-order valence-electron chi connectivity index (χ4n) is 1.93. The standard InChI is InChI=1S/C20H18O4/c1-24-20-14-16(9-13-19(20)23)8-12-17(21)5-3-2-4-15-6-10-18(22)11-7-15/h2-14,22-23H,1H3/b4-2+,5-3+,12-8+. The lowest BCUT2D eigenvalue weighted by atomic mass is 10.1. The van der Waals surface area contributed by atoms with Crippen molar-refractivity contribution in [3.63, 3.8) is 0 Å². The largest absolute Gasteiger partial charge is 0.508 e. The summed E-state index contributed by atoms with van der Waals surface area (Å²) in [6.45, 7) is 0. The molecule has 0 spiro atoms. The number of benzene rings is 2. The van der Waals surface area contributed by atoms with E-state index in [1.165, 1.54) is 25.3 Å². The van der Waals surface area contributed by atoms with Gasteiger partial charge in [-0.15, -0.1) is 0 Å². The van der Waals surface area contributed by atoms with Crippen LogP contribution in [0.2, 0.25) is 0 Å². The molecule has 24 heavy (non-hydrogen) atoms. The van der Waals surface area contributed by atoms with Crippen molar-refractivity contribution in [3.8, 4) is 17.2 Å². The van der Waals surface area contributed by atoms with Crippen molar-refractivity contribution in [2.24, 2.45) is 0 Å². The number of ether oxygens (including phenoxy) is 1. The zero-order valence-corrected chi connectivity index (χ0v) is 13.2. The molecule has 0 atom stereocenters. The second kappa shape index (κ2) is 8.39. The topological polar surface area (TPSA) is 66.8 Å². The fraction of sp³-hybridized carbons (Fsp3) is 0.0500. The van der Waals surface area contributed by atoms with Gasteiger partial charge in [-0.05, 0) is 47.5 Å². The Morgan fingerprint density at radius 2 is 1.62 bits per heavy atom. The maximum absolute atomic E-state index is 11.8. The van der Waals surface area contributed by atoms with E-state index in [2.05, 4.69) is 0 Å². The van der Waals surface area contributed by atoms with Gasteiger partial charge in [0.1, 0.15) is 5.75 Å². The zero-order chi connectivity index (χ0) is 17.4. The van der Waals surface area contributed by atoms with Gasteiger partial charge in [-0.3, -0.25) is 4.79 Å². The van der Waals surface area contributed by atoms with Crippen LogP contribution in [0.4, 0.5) is 0 Å². The molecule has 0 aliphatic heterocycles. The quantitative estimate of drug-likeness (QED) is 0.624. The molecule has 0 aliphatic carbocycles. The number of phenols is 2. The molecule has 2 aromatic rings. The first-order chi connectivity index (χ1) is 11.6. The summed E-state index contributed by atoms with van der Waals surface area (Å²) in [6, 6.07) is 11.6. The van der Waals surface area contributed by atoms with Crippen LogP contribution in [0, 0.1) is 0 Å². The van der Waals surface area contributed by atoms with Gasteiger partial charge in [0, 0.05) is 0 Å². The number of carbonyl (C=O) groups is 1. The Hall–Kier alpha value is -3.27. The second-order valence-electron chi connectivity index (χ2n) is 4.98. The first-order valence-electron chi connectivity index (χ1n) is 7.31. The van der Waals surface area contributed by atoms with Gasteiger partial charge in [-0.2, -0.15) is 0 Å². The minimum Gasteiger partial charge on any atom is -0.508 e. The van der Waals surface area contributed by atoms with Gasteiger partial charge in [-0.25, -0.2) is 0 Å². The molecular weight excluding hydrogens is 304 g/mol. The number of aromatic hydroxyl groups is 2. The van der Waals surface area contributed by atoms with Crippen molar-refractivity contribution < 1.29 is 19.7 Å². The molecule has 0 heterocycles. The normalized spacial score (nSPS) is 11.5. The average molecular weight is 322 g/mol. The van der Waals surface area contributed by atoms with Crippen molar-refractivity contribution >= 4 is 17.9 Å². The van der Waals surface area contributed by atoms with Crippen LogP contribution >= 0.6 is 0 Å². The van der Waals surface area contributed by atoms with Crippen LogP contribution in [0.5, 0.6) is 17.2 Å². The first kappa shape index (κ1) is 17.1. The Kier molecular flexibility index (Phi) is 5.97. The highest BCUT2D eigenvalue weighted by molar-refractivity contribution is 6.02. The third-order valence-corrected chi connectivity index (χ3v) is 3.20. The smallest absolute Gasteiger partial charge is 0.178 e. The van der Waals surface area contributed by atoms with E-state index < -0.39 is 0 Å². The van der Waals surface area contributed by atoms with Crippen LogP contribution in [-0.2, 0) is 4.79 Å². The number of hydrogen-bond donors (Lipinski definition) is 2. The molecule has 4 nitrogen and oxygen atoms in total. The van der Waals surface area contributed by atoms with Crippen molar-refractivity contribution in [2.75, 3.05) is 7.11 Å². The summed E-state index contributed by atoms with van der Waals surface area (Å²) in [5.74, 6) is 0.475. The number of carbonyl (C=O) groups excluding carboxylic acids is 1. The molecule has 122 valence electrons.